The largest absolute Gasteiger partial charge is 0.390 e. The van der Waals surface area contributed by atoms with Crippen LogP contribution in [0.25, 0.3) is 0 Å². The van der Waals surface area contributed by atoms with Crippen LogP contribution in [0, 0.1) is 0 Å². The van der Waals surface area contributed by atoms with Gasteiger partial charge in [-0.3, -0.25) is 4.90 Å². The van der Waals surface area contributed by atoms with Crippen LogP contribution in [0.5, 0.6) is 0 Å². The summed E-state index contributed by atoms with van der Waals surface area (Å²) in [4.78, 5) is 2.38. The molecule has 3 nitrogen and oxygen atoms in total. The topological polar surface area (TPSA) is 49.5 Å². The van der Waals surface area contributed by atoms with Crippen molar-refractivity contribution in [3.8, 4) is 0 Å². The average molecular weight is 184 g/mol. The number of β-amino-alcohol motifs (C(OH)–C–C–N with tert-alkyl or cyclic N) is 1. The standard InChI is InChI=1S/C10H20N2O/c11-9-6-12(7-10(9)13)8-4-2-1-3-5-8/h8-10,13H,1-7,11H2. The number of aliphatic hydroxyl groups excluding tert-OH is 1. The van der Waals surface area contributed by atoms with Crippen molar-refractivity contribution >= 4 is 0 Å². The van der Waals surface area contributed by atoms with Gasteiger partial charge in [-0.1, -0.05) is 19.3 Å². The predicted octanol–water partition coefficient (Wildman–Crippen LogP) is 0.323. The molecule has 13 heavy (non-hydrogen) atoms. The molecule has 0 amide bonds. The Labute approximate surface area is 79.9 Å². The van der Waals surface area contributed by atoms with Gasteiger partial charge in [0.1, 0.15) is 0 Å². The minimum absolute atomic E-state index is 0.0121. The van der Waals surface area contributed by atoms with Crippen LogP contribution in [0.1, 0.15) is 32.1 Å². The summed E-state index contributed by atoms with van der Waals surface area (Å²) in [6.07, 6.45) is 6.42. The van der Waals surface area contributed by atoms with Gasteiger partial charge < -0.3 is 10.8 Å². The molecule has 3 N–H and O–H groups in total. The van der Waals surface area contributed by atoms with Gasteiger partial charge in [0.05, 0.1) is 6.10 Å². The lowest BCUT2D eigenvalue weighted by molar-refractivity contribution is 0.139. The first kappa shape index (κ1) is 9.44. The van der Waals surface area contributed by atoms with Gasteiger partial charge in [0.2, 0.25) is 0 Å². The van der Waals surface area contributed by atoms with Gasteiger partial charge >= 0.3 is 0 Å². The fourth-order valence-electron chi connectivity index (χ4n) is 2.59. The molecule has 0 aromatic heterocycles. The Hall–Kier alpha value is -0.120. The van der Waals surface area contributed by atoms with E-state index in [1.807, 2.05) is 0 Å². The van der Waals surface area contributed by atoms with E-state index in [-0.39, 0.29) is 12.1 Å². The molecule has 2 atom stereocenters. The molecule has 2 fully saturated rings. The number of likely N-dealkylation sites (tertiary alicyclic amines) is 1. The van der Waals surface area contributed by atoms with E-state index in [0.29, 0.717) is 6.04 Å². The average Bonchev–Trinajstić information content (AvgIpc) is 2.49. The van der Waals surface area contributed by atoms with Crippen LogP contribution in [0.3, 0.4) is 0 Å². The molecule has 1 saturated carbocycles. The van der Waals surface area contributed by atoms with Gasteiger partial charge in [-0.2, -0.15) is 0 Å². The second kappa shape index (κ2) is 3.95. The van der Waals surface area contributed by atoms with Crippen molar-refractivity contribution in [3.63, 3.8) is 0 Å². The molecule has 2 rings (SSSR count). The molecule has 76 valence electrons. The van der Waals surface area contributed by atoms with E-state index in [9.17, 15) is 5.11 Å². The summed E-state index contributed by atoms with van der Waals surface area (Å²) in [6, 6.07) is 0.693. The van der Waals surface area contributed by atoms with E-state index in [2.05, 4.69) is 4.90 Å². The molecule has 1 heterocycles. The van der Waals surface area contributed by atoms with E-state index in [1.165, 1.54) is 32.1 Å². The second-order valence-corrected chi connectivity index (χ2v) is 4.48. The molecule has 3 heteroatoms. The third kappa shape index (κ3) is 2.03. The lowest BCUT2D eigenvalue weighted by atomic mass is 9.94. The molecule has 1 aliphatic heterocycles. The first-order chi connectivity index (χ1) is 6.27. The summed E-state index contributed by atoms with van der Waals surface area (Å²) in [5.41, 5.74) is 5.78. The molecule has 0 bridgehead atoms. The number of aliphatic hydroxyl groups is 1. The Bertz CT molecular complexity index is 158. The zero-order chi connectivity index (χ0) is 9.26. The summed E-state index contributed by atoms with van der Waals surface area (Å²) in [5.74, 6) is 0. The number of nitrogens with zero attached hydrogens (tertiary/aromatic N) is 1. The van der Waals surface area contributed by atoms with E-state index in [1.54, 1.807) is 0 Å². The Morgan fingerprint density at radius 2 is 1.77 bits per heavy atom. The smallest absolute Gasteiger partial charge is 0.0830 e. The maximum absolute atomic E-state index is 9.53. The van der Waals surface area contributed by atoms with Crippen LogP contribution in [-0.2, 0) is 0 Å². The molecule has 0 aromatic rings. The van der Waals surface area contributed by atoms with Crippen LogP contribution in [-0.4, -0.2) is 41.3 Å². The van der Waals surface area contributed by atoms with Crippen LogP contribution >= 0.6 is 0 Å². The molecule has 2 unspecified atom stereocenters. The van der Waals surface area contributed by atoms with Crippen molar-refractivity contribution in [2.45, 2.75) is 50.3 Å². The normalized spacial score (nSPS) is 38.3. The fourth-order valence-corrected chi connectivity index (χ4v) is 2.59. The van der Waals surface area contributed by atoms with E-state index < -0.39 is 0 Å². The lowest BCUT2D eigenvalue weighted by Gasteiger charge is -2.30. The molecule has 1 aliphatic carbocycles. The van der Waals surface area contributed by atoms with Crippen molar-refractivity contribution in [2.75, 3.05) is 13.1 Å². The van der Waals surface area contributed by atoms with Crippen LogP contribution in [0.15, 0.2) is 0 Å². The third-order valence-electron chi connectivity index (χ3n) is 3.45. The maximum atomic E-state index is 9.53. The highest BCUT2D eigenvalue weighted by molar-refractivity contribution is 4.90. The second-order valence-electron chi connectivity index (χ2n) is 4.48. The van der Waals surface area contributed by atoms with Gasteiger partial charge in [-0.15, -0.1) is 0 Å². The van der Waals surface area contributed by atoms with Crippen molar-refractivity contribution in [2.24, 2.45) is 5.73 Å². The SMILES string of the molecule is NC1CN(C2CCCCC2)CC1O. The quantitative estimate of drug-likeness (QED) is 0.617. The first-order valence-electron chi connectivity index (χ1n) is 5.45. The highest BCUT2D eigenvalue weighted by Crippen LogP contribution is 2.25. The monoisotopic (exact) mass is 184 g/mol. The van der Waals surface area contributed by atoms with Crippen molar-refractivity contribution in [1.29, 1.82) is 0 Å². The highest BCUT2D eigenvalue weighted by Gasteiger charge is 2.32. The number of hydrogen-bond acceptors (Lipinski definition) is 3. The molecule has 1 saturated heterocycles. The minimum Gasteiger partial charge on any atom is -0.390 e. The number of nitrogens with two attached hydrogens (primary N) is 1. The van der Waals surface area contributed by atoms with Crippen molar-refractivity contribution in [3.05, 3.63) is 0 Å². The maximum Gasteiger partial charge on any atom is 0.0830 e. The van der Waals surface area contributed by atoms with Gasteiger partial charge in [-0.05, 0) is 12.8 Å². The Morgan fingerprint density at radius 3 is 2.31 bits per heavy atom. The Kier molecular flexibility index (Phi) is 2.86. The molecule has 0 aromatic carbocycles. The van der Waals surface area contributed by atoms with E-state index in [4.69, 9.17) is 5.73 Å². The number of rotatable bonds is 1. The summed E-state index contributed by atoms with van der Waals surface area (Å²) in [6.45, 7) is 1.69. The summed E-state index contributed by atoms with van der Waals surface area (Å²) in [7, 11) is 0. The molecule has 0 radical (unpaired) electrons. The first-order valence-corrected chi connectivity index (χ1v) is 5.45. The Morgan fingerprint density at radius 1 is 1.08 bits per heavy atom. The highest BCUT2D eigenvalue weighted by atomic mass is 16.3. The molecule has 2 aliphatic rings. The fraction of sp³-hybridized carbons (Fsp3) is 1.00. The zero-order valence-corrected chi connectivity index (χ0v) is 8.15. The van der Waals surface area contributed by atoms with Crippen molar-refractivity contribution in [1.82, 2.24) is 4.90 Å². The molecular weight excluding hydrogens is 164 g/mol. The molecule has 0 spiro atoms. The van der Waals surface area contributed by atoms with Crippen molar-refractivity contribution < 1.29 is 5.11 Å². The summed E-state index contributed by atoms with van der Waals surface area (Å²) in [5, 5.41) is 9.53. The van der Waals surface area contributed by atoms with E-state index in [0.717, 1.165) is 13.1 Å². The van der Waals surface area contributed by atoms with E-state index >= 15 is 0 Å². The van der Waals surface area contributed by atoms with Crippen LogP contribution in [0.4, 0.5) is 0 Å². The van der Waals surface area contributed by atoms with Crippen LogP contribution < -0.4 is 5.73 Å². The van der Waals surface area contributed by atoms with Crippen LogP contribution in [0.2, 0.25) is 0 Å². The summed E-state index contributed by atoms with van der Waals surface area (Å²) < 4.78 is 0. The Balaban J connectivity index is 1.87. The van der Waals surface area contributed by atoms with Gasteiger partial charge in [0.15, 0.2) is 0 Å². The summed E-state index contributed by atoms with van der Waals surface area (Å²) >= 11 is 0. The third-order valence-corrected chi connectivity index (χ3v) is 3.45. The molecular formula is C10H20N2O. The lowest BCUT2D eigenvalue weighted by Crippen LogP contribution is -2.36. The number of hydrogen-bond donors (Lipinski definition) is 2. The predicted molar refractivity (Wildman–Crippen MR) is 52.4 cm³/mol. The minimum atomic E-state index is -0.290. The van der Waals surface area contributed by atoms with Gasteiger partial charge in [0, 0.05) is 25.2 Å². The van der Waals surface area contributed by atoms with Gasteiger partial charge in [-0.25, -0.2) is 0 Å². The van der Waals surface area contributed by atoms with Gasteiger partial charge in [0.25, 0.3) is 0 Å². The zero-order valence-electron chi connectivity index (χ0n) is 8.15.